The Bertz CT molecular complexity index is 860. The molecule has 122 valence electrons. The maximum absolute atomic E-state index is 13.1. The summed E-state index contributed by atoms with van der Waals surface area (Å²) in [5.41, 5.74) is 2.98. The lowest BCUT2D eigenvalue weighted by Crippen LogP contribution is -2.18. The summed E-state index contributed by atoms with van der Waals surface area (Å²) in [4.78, 5) is 14.8. The van der Waals surface area contributed by atoms with Crippen LogP contribution in [0.1, 0.15) is 35.1 Å². The van der Waals surface area contributed by atoms with Crippen LogP contribution < -0.4 is 5.32 Å². The fourth-order valence-corrected chi connectivity index (χ4v) is 4.12. The van der Waals surface area contributed by atoms with E-state index in [-0.39, 0.29) is 11.9 Å². The molecule has 4 nitrogen and oxygen atoms in total. The van der Waals surface area contributed by atoms with Gasteiger partial charge in [0.15, 0.2) is 0 Å². The average Bonchev–Trinajstić information content (AvgIpc) is 3.01. The van der Waals surface area contributed by atoms with Gasteiger partial charge >= 0.3 is 0 Å². The van der Waals surface area contributed by atoms with Gasteiger partial charge in [0.05, 0.1) is 11.7 Å². The Hall–Kier alpha value is -2.34. The van der Waals surface area contributed by atoms with Gasteiger partial charge in [-0.15, -0.1) is 11.3 Å². The zero-order chi connectivity index (χ0) is 16.5. The molecule has 1 atom stereocenters. The van der Waals surface area contributed by atoms with Gasteiger partial charge in [0.25, 0.3) is 0 Å². The second kappa shape index (κ2) is 6.28. The maximum Gasteiger partial charge on any atom is 0.223 e. The molecule has 0 amide bonds. The lowest BCUT2D eigenvalue weighted by atomic mass is 9.98. The third kappa shape index (κ3) is 3.01. The summed E-state index contributed by atoms with van der Waals surface area (Å²) < 4.78 is 13.1. The van der Waals surface area contributed by atoms with E-state index in [2.05, 4.69) is 15.3 Å². The van der Waals surface area contributed by atoms with Crippen LogP contribution in [0.5, 0.6) is 0 Å². The number of halogens is 1. The van der Waals surface area contributed by atoms with E-state index in [1.165, 1.54) is 17.0 Å². The van der Waals surface area contributed by atoms with Crippen molar-refractivity contribution in [2.24, 2.45) is 0 Å². The van der Waals surface area contributed by atoms with Crippen molar-refractivity contribution in [3.63, 3.8) is 0 Å². The minimum absolute atomic E-state index is 0.126. The molecular formula is C18H17FN4S. The molecule has 0 radical (unpaired) electrons. The standard InChI is InChI=1S/C18H17FN4S/c1-11-9-10-20-18(21-11)22-14-3-2-4-15-16(14)23-17(24-15)12-5-7-13(19)8-6-12/h5-10,14H,2-4H2,1H3,(H,20,21,22). The summed E-state index contributed by atoms with van der Waals surface area (Å²) in [6.45, 7) is 1.95. The van der Waals surface area contributed by atoms with Crippen LogP contribution in [-0.4, -0.2) is 15.0 Å². The zero-order valence-corrected chi connectivity index (χ0v) is 14.1. The van der Waals surface area contributed by atoms with Crippen molar-refractivity contribution >= 4 is 17.3 Å². The predicted molar refractivity (Wildman–Crippen MR) is 93.6 cm³/mol. The number of nitrogens with zero attached hydrogens (tertiary/aromatic N) is 3. The first-order chi connectivity index (χ1) is 11.7. The van der Waals surface area contributed by atoms with Crippen molar-refractivity contribution in [1.82, 2.24) is 15.0 Å². The van der Waals surface area contributed by atoms with Crippen molar-refractivity contribution in [3.8, 4) is 10.6 Å². The van der Waals surface area contributed by atoms with Crippen molar-refractivity contribution in [2.75, 3.05) is 5.32 Å². The molecule has 4 rings (SSSR count). The Morgan fingerprint density at radius 1 is 1.17 bits per heavy atom. The van der Waals surface area contributed by atoms with E-state index in [1.54, 1.807) is 29.7 Å². The van der Waals surface area contributed by atoms with E-state index >= 15 is 0 Å². The summed E-state index contributed by atoms with van der Waals surface area (Å²) in [5, 5.41) is 4.36. The fourth-order valence-electron chi connectivity index (χ4n) is 2.95. The number of aromatic nitrogens is 3. The van der Waals surface area contributed by atoms with Crippen LogP contribution in [0.3, 0.4) is 0 Å². The molecule has 0 bridgehead atoms. The molecule has 1 N–H and O–H groups in total. The monoisotopic (exact) mass is 340 g/mol. The number of fused-ring (bicyclic) bond motifs is 1. The molecule has 2 heterocycles. The minimum Gasteiger partial charge on any atom is -0.346 e. The number of rotatable bonds is 3. The molecule has 1 unspecified atom stereocenters. The Balaban J connectivity index is 1.64. The molecule has 0 fully saturated rings. The third-order valence-corrected chi connectivity index (χ3v) is 5.32. The smallest absolute Gasteiger partial charge is 0.223 e. The number of aryl methyl sites for hydroxylation is 2. The fraction of sp³-hybridized carbons (Fsp3) is 0.278. The van der Waals surface area contributed by atoms with Crippen LogP contribution >= 0.6 is 11.3 Å². The van der Waals surface area contributed by atoms with Crippen LogP contribution in [0.15, 0.2) is 36.5 Å². The molecule has 1 aliphatic carbocycles. The topological polar surface area (TPSA) is 50.7 Å². The van der Waals surface area contributed by atoms with Gasteiger partial charge in [-0.2, -0.15) is 0 Å². The molecule has 0 spiro atoms. The Morgan fingerprint density at radius 2 is 2.00 bits per heavy atom. The molecule has 3 aromatic rings. The van der Waals surface area contributed by atoms with Crippen LogP contribution in [-0.2, 0) is 6.42 Å². The van der Waals surface area contributed by atoms with E-state index in [9.17, 15) is 4.39 Å². The highest BCUT2D eigenvalue weighted by atomic mass is 32.1. The van der Waals surface area contributed by atoms with Gasteiger partial charge < -0.3 is 5.32 Å². The summed E-state index contributed by atoms with van der Waals surface area (Å²) in [6.07, 6.45) is 4.93. The largest absolute Gasteiger partial charge is 0.346 e. The van der Waals surface area contributed by atoms with Crippen LogP contribution in [0, 0.1) is 12.7 Å². The van der Waals surface area contributed by atoms with Crippen molar-refractivity contribution in [1.29, 1.82) is 0 Å². The van der Waals surface area contributed by atoms with Crippen molar-refractivity contribution < 1.29 is 4.39 Å². The zero-order valence-electron chi connectivity index (χ0n) is 13.3. The first-order valence-electron chi connectivity index (χ1n) is 8.01. The Kier molecular flexibility index (Phi) is 3.98. The molecule has 2 aromatic heterocycles. The van der Waals surface area contributed by atoms with Gasteiger partial charge in [-0.1, -0.05) is 0 Å². The first-order valence-corrected chi connectivity index (χ1v) is 8.82. The van der Waals surface area contributed by atoms with Gasteiger partial charge in [-0.3, -0.25) is 0 Å². The van der Waals surface area contributed by atoms with Gasteiger partial charge in [0, 0.05) is 22.3 Å². The number of nitrogens with one attached hydrogen (secondary N) is 1. The predicted octanol–water partition coefficient (Wildman–Crippen LogP) is 4.54. The lowest BCUT2D eigenvalue weighted by molar-refractivity contribution is 0.590. The molecule has 1 aliphatic rings. The highest BCUT2D eigenvalue weighted by molar-refractivity contribution is 7.15. The molecular weight excluding hydrogens is 323 g/mol. The van der Waals surface area contributed by atoms with E-state index in [4.69, 9.17) is 4.98 Å². The number of benzene rings is 1. The summed E-state index contributed by atoms with van der Waals surface area (Å²) in [7, 11) is 0. The van der Waals surface area contributed by atoms with Gasteiger partial charge in [-0.25, -0.2) is 19.3 Å². The Labute approximate surface area is 143 Å². The van der Waals surface area contributed by atoms with Gasteiger partial charge in [0.1, 0.15) is 10.8 Å². The highest BCUT2D eigenvalue weighted by Gasteiger charge is 2.25. The minimum atomic E-state index is -0.226. The quantitative estimate of drug-likeness (QED) is 0.761. The van der Waals surface area contributed by atoms with Gasteiger partial charge in [-0.05, 0) is 56.5 Å². The molecule has 0 saturated heterocycles. The average molecular weight is 340 g/mol. The van der Waals surface area contributed by atoms with Crippen LogP contribution in [0.2, 0.25) is 0 Å². The normalized spacial score (nSPS) is 16.7. The molecule has 24 heavy (non-hydrogen) atoms. The summed E-state index contributed by atoms with van der Waals surface area (Å²) >= 11 is 1.70. The van der Waals surface area contributed by atoms with E-state index in [0.29, 0.717) is 5.95 Å². The number of thiazole rings is 1. The molecule has 0 aliphatic heterocycles. The van der Waals surface area contributed by atoms with Crippen LogP contribution in [0.4, 0.5) is 10.3 Å². The second-order valence-electron chi connectivity index (χ2n) is 5.95. The van der Waals surface area contributed by atoms with E-state index in [1.807, 2.05) is 13.0 Å². The first kappa shape index (κ1) is 15.2. The van der Waals surface area contributed by atoms with Crippen molar-refractivity contribution in [3.05, 3.63) is 58.6 Å². The number of hydrogen-bond donors (Lipinski definition) is 1. The van der Waals surface area contributed by atoms with Gasteiger partial charge in [0.2, 0.25) is 5.95 Å². The second-order valence-corrected chi connectivity index (χ2v) is 7.03. The van der Waals surface area contributed by atoms with E-state index in [0.717, 1.165) is 41.2 Å². The maximum atomic E-state index is 13.1. The van der Waals surface area contributed by atoms with Crippen LogP contribution in [0.25, 0.3) is 10.6 Å². The van der Waals surface area contributed by atoms with Crippen molar-refractivity contribution in [2.45, 2.75) is 32.2 Å². The number of anilines is 1. The molecule has 6 heteroatoms. The number of hydrogen-bond acceptors (Lipinski definition) is 5. The highest BCUT2D eigenvalue weighted by Crippen LogP contribution is 2.38. The summed E-state index contributed by atoms with van der Waals surface area (Å²) in [5.74, 6) is 0.417. The summed E-state index contributed by atoms with van der Waals surface area (Å²) in [6, 6.07) is 8.53. The van der Waals surface area contributed by atoms with E-state index < -0.39 is 0 Å². The third-order valence-electron chi connectivity index (χ3n) is 4.14. The SMILES string of the molecule is Cc1ccnc(NC2CCCc3sc(-c4ccc(F)cc4)nc32)n1. The molecule has 1 aromatic carbocycles. The Morgan fingerprint density at radius 3 is 2.79 bits per heavy atom. The molecule has 0 saturated carbocycles. The lowest BCUT2D eigenvalue weighted by Gasteiger charge is -2.22.